The van der Waals surface area contributed by atoms with Gasteiger partial charge in [0.05, 0.1) is 25.4 Å². The molecule has 1 rings (SSSR count). The molecule has 13 heteroatoms. The minimum Gasteiger partial charge on any atom is -0.394 e. The summed E-state index contributed by atoms with van der Waals surface area (Å²) in [6.07, 6.45) is 53.4. The third kappa shape index (κ3) is 42.3. The van der Waals surface area contributed by atoms with Crippen LogP contribution in [0, 0.1) is 0 Å². The lowest BCUT2D eigenvalue weighted by molar-refractivity contribution is -0.298. The maximum absolute atomic E-state index is 13.2. The molecular weight excluding hydrogens is 943 g/mol. The summed E-state index contributed by atoms with van der Waals surface area (Å²) >= 11 is 0. The highest BCUT2D eigenvalue weighted by Crippen LogP contribution is 2.26. The number of aliphatic hydroxyl groups is 4. The fraction of sp³-hybridized carbons (Fsp3) is 0.917. The number of hydrogen-bond donors (Lipinski definition) is 6. The number of carbonyl (C=O) groups is 1. The highest BCUT2D eigenvalue weighted by atomic mass is 32.3. The maximum atomic E-state index is 13.2. The Bertz CT molecular complexity index is 1380. The van der Waals surface area contributed by atoms with Gasteiger partial charge in [-0.3, -0.25) is 9.35 Å². The Kier molecular flexibility index (Phi) is 47.8. The number of aliphatic hydroxyl groups excluding tert-OH is 4. The van der Waals surface area contributed by atoms with Crippen LogP contribution in [0.1, 0.15) is 296 Å². The fourth-order valence-electron chi connectivity index (χ4n) is 10.0. The largest absolute Gasteiger partial charge is 0.397 e. The van der Waals surface area contributed by atoms with Gasteiger partial charge in [0.15, 0.2) is 6.29 Å². The zero-order valence-electron chi connectivity index (χ0n) is 47.0. The molecule has 0 bridgehead atoms. The Morgan fingerprint density at radius 1 is 0.548 bits per heavy atom. The predicted octanol–water partition coefficient (Wildman–Crippen LogP) is 14.8. The van der Waals surface area contributed by atoms with Gasteiger partial charge in [0.25, 0.3) is 0 Å². The zero-order valence-corrected chi connectivity index (χ0v) is 47.8. The highest BCUT2D eigenvalue weighted by molar-refractivity contribution is 7.80. The van der Waals surface area contributed by atoms with Gasteiger partial charge < -0.3 is 35.2 Å². The Hall–Kier alpha value is -1.42. The second kappa shape index (κ2) is 50.1. The molecule has 0 aliphatic carbocycles. The number of rotatable bonds is 54. The van der Waals surface area contributed by atoms with Crippen LogP contribution in [0.3, 0.4) is 0 Å². The van der Waals surface area contributed by atoms with Crippen LogP contribution in [0.15, 0.2) is 24.3 Å². The highest BCUT2D eigenvalue weighted by Gasteiger charge is 2.48. The average molecular weight is 1060 g/mol. The number of allylic oxidation sites excluding steroid dienone is 4. The molecule has 0 aromatic rings. The second-order valence-corrected chi connectivity index (χ2v) is 22.7. The van der Waals surface area contributed by atoms with Crippen molar-refractivity contribution in [1.29, 1.82) is 0 Å². The van der Waals surface area contributed by atoms with Crippen LogP contribution in [0.2, 0.25) is 0 Å². The van der Waals surface area contributed by atoms with Crippen molar-refractivity contribution in [3.63, 3.8) is 0 Å². The van der Waals surface area contributed by atoms with Gasteiger partial charge in [-0.15, -0.1) is 0 Å². The second-order valence-electron chi connectivity index (χ2n) is 21.6. The lowest BCUT2D eigenvalue weighted by atomic mass is 9.99. The zero-order chi connectivity index (χ0) is 53.3. The predicted molar refractivity (Wildman–Crippen MR) is 301 cm³/mol. The van der Waals surface area contributed by atoms with E-state index in [1.165, 1.54) is 212 Å². The molecule has 1 amide bonds. The third-order valence-electron chi connectivity index (χ3n) is 14.8. The minimum atomic E-state index is -5.08. The van der Waals surface area contributed by atoms with Crippen molar-refractivity contribution >= 4 is 16.3 Å². The fourth-order valence-corrected chi connectivity index (χ4v) is 10.5. The van der Waals surface area contributed by atoms with Crippen molar-refractivity contribution in [2.24, 2.45) is 0 Å². The number of carbonyl (C=O) groups excluding carboxylic acids is 1. The van der Waals surface area contributed by atoms with Crippen molar-refractivity contribution in [3.05, 3.63) is 24.3 Å². The van der Waals surface area contributed by atoms with Crippen molar-refractivity contribution in [1.82, 2.24) is 5.32 Å². The molecule has 0 aromatic carbocycles. The first-order chi connectivity index (χ1) is 35.5. The summed E-state index contributed by atoms with van der Waals surface area (Å²) in [6, 6.07) is -0.857. The molecule has 1 fully saturated rings. The molecule has 6 N–H and O–H groups in total. The molecule has 7 unspecified atom stereocenters. The summed E-state index contributed by atoms with van der Waals surface area (Å²) in [5, 5.41) is 45.1. The Morgan fingerprint density at radius 2 is 0.918 bits per heavy atom. The lowest BCUT2D eigenvalue weighted by Crippen LogP contribution is -2.61. The van der Waals surface area contributed by atoms with Crippen molar-refractivity contribution < 1.29 is 51.8 Å². The van der Waals surface area contributed by atoms with E-state index in [0.29, 0.717) is 12.8 Å². The first-order valence-electron chi connectivity index (χ1n) is 30.7. The van der Waals surface area contributed by atoms with Gasteiger partial charge in [-0.05, 0) is 44.9 Å². The minimum absolute atomic E-state index is 0.226. The van der Waals surface area contributed by atoms with Gasteiger partial charge in [-0.25, -0.2) is 4.18 Å². The van der Waals surface area contributed by atoms with Gasteiger partial charge in [0, 0.05) is 6.42 Å². The normalized spacial score (nSPS) is 19.4. The van der Waals surface area contributed by atoms with Crippen LogP contribution in [0.4, 0.5) is 0 Å². The number of ether oxygens (including phenoxy) is 2. The Morgan fingerprint density at radius 3 is 1.30 bits per heavy atom. The molecule has 7 atom stereocenters. The van der Waals surface area contributed by atoms with Crippen LogP contribution >= 0.6 is 0 Å². The molecule has 432 valence electrons. The van der Waals surface area contributed by atoms with Crippen LogP contribution in [-0.2, 0) is 28.9 Å². The van der Waals surface area contributed by atoms with Crippen LogP contribution in [0.5, 0.6) is 0 Å². The Labute approximate surface area is 448 Å². The van der Waals surface area contributed by atoms with Crippen LogP contribution < -0.4 is 5.32 Å². The maximum Gasteiger partial charge on any atom is 0.397 e. The molecule has 1 saturated heterocycles. The monoisotopic (exact) mass is 1060 g/mol. The topological polar surface area (TPSA) is 192 Å². The van der Waals surface area contributed by atoms with Gasteiger partial charge in [-0.2, -0.15) is 8.42 Å². The van der Waals surface area contributed by atoms with Crippen LogP contribution in [-0.4, -0.2) is 95.4 Å². The summed E-state index contributed by atoms with van der Waals surface area (Å²) in [4.78, 5) is 13.2. The smallest absolute Gasteiger partial charge is 0.394 e. The van der Waals surface area contributed by atoms with E-state index < -0.39 is 59.9 Å². The molecule has 0 radical (unpaired) electrons. The van der Waals surface area contributed by atoms with E-state index in [-0.39, 0.29) is 12.5 Å². The Balaban J connectivity index is 2.25. The van der Waals surface area contributed by atoms with Gasteiger partial charge >= 0.3 is 10.4 Å². The molecule has 1 aliphatic heterocycles. The number of nitrogens with one attached hydrogen (secondary N) is 1. The van der Waals surface area contributed by atoms with E-state index in [0.717, 1.165) is 57.8 Å². The van der Waals surface area contributed by atoms with E-state index in [9.17, 15) is 38.2 Å². The van der Waals surface area contributed by atoms with Crippen molar-refractivity contribution in [2.45, 2.75) is 339 Å². The molecule has 73 heavy (non-hydrogen) atoms. The van der Waals surface area contributed by atoms with Gasteiger partial charge in [0.2, 0.25) is 5.91 Å². The molecule has 0 aromatic heterocycles. The van der Waals surface area contributed by atoms with E-state index in [1.54, 1.807) is 0 Å². The molecule has 0 saturated carbocycles. The first kappa shape index (κ1) is 69.6. The number of hydrogen-bond acceptors (Lipinski definition) is 10. The third-order valence-corrected chi connectivity index (χ3v) is 15.2. The lowest BCUT2D eigenvalue weighted by Gasteiger charge is -2.41. The number of unbranched alkanes of at least 4 members (excludes halogenated alkanes) is 38. The van der Waals surface area contributed by atoms with E-state index in [4.69, 9.17) is 9.47 Å². The van der Waals surface area contributed by atoms with E-state index in [2.05, 4.69) is 47.7 Å². The van der Waals surface area contributed by atoms with Gasteiger partial charge in [0.1, 0.15) is 24.4 Å². The van der Waals surface area contributed by atoms with Gasteiger partial charge in [-0.1, -0.05) is 269 Å². The summed E-state index contributed by atoms with van der Waals surface area (Å²) < 4.78 is 47.9. The quantitative estimate of drug-likeness (QED) is 0.0193. The molecule has 12 nitrogen and oxygen atoms in total. The number of amides is 1. The molecule has 1 heterocycles. The summed E-state index contributed by atoms with van der Waals surface area (Å²) in [5.74, 6) is -0.226. The molecule has 1 aliphatic rings. The van der Waals surface area contributed by atoms with Crippen molar-refractivity contribution in [3.8, 4) is 0 Å². The standard InChI is InChI=1S/C60H115NO11S/c1-3-5-7-9-11-13-15-17-19-20-21-22-23-24-25-26-27-28-29-30-31-32-33-34-36-38-40-42-44-46-48-50-56(64)61-53(52-70-60-58(66)59(72-73(67,68)69)57(65)55(51-62)71-60)54(63)49-47-45-43-41-39-37-35-18-16-14-12-10-8-6-4-2/h21-22,24-25,53-55,57-60,62-63,65-66H,3-20,23,26-52H2,1-2H3,(H,61,64)(H,67,68,69)/b22-21-,25-24-. The summed E-state index contributed by atoms with van der Waals surface area (Å²) in [6.45, 7) is 3.49. The SMILES string of the molecule is CCCCCCCCCCC/C=C\C/C=C\CCCCCCCCCCCCCCCCCC(=O)NC(COC1OC(CO)C(O)C(OS(=O)(=O)O)C1O)C(O)CCCCCCCCCCCCCCCCC. The van der Waals surface area contributed by atoms with E-state index >= 15 is 0 Å². The van der Waals surface area contributed by atoms with Crippen LogP contribution in [0.25, 0.3) is 0 Å². The van der Waals surface area contributed by atoms with E-state index in [1.807, 2.05) is 0 Å². The summed E-state index contributed by atoms with van der Waals surface area (Å²) in [7, 11) is -5.08. The molecule has 0 spiro atoms. The average Bonchev–Trinajstić information content (AvgIpc) is 3.37. The molecular formula is C60H115NO11S. The summed E-state index contributed by atoms with van der Waals surface area (Å²) in [5.41, 5.74) is 0. The van der Waals surface area contributed by atoms with Crippen molar-refractivity contribution in [2.75, 3.05) is 13.2 Å². The first-order valence-corrected chi connectivity index (χ1v) is 32.1.